The number of hydrogen-bond acceptors (Lipinski definition) is 5. The summed E-state index contributed by atoms with van der Waals surface area (Å²) in [4.78, 5) is 32.7. The molecule has 0 aromatic carbocycles. The smallest absolute Gasteiger partial charge is 0.323 e. The summed E-state index contributed by atoms with van der Waals surface area (Å²) in [5.74, 6) is -0.157. The highest BCUT2D eigenvalue weighted by Crippen LogP contribution is 2.11. The Hall–Kier alpha value is -1.64. The number of carbonyl (C=O) groups is 1. The first-order valence-electron chi connectivity index (χ1n) is 7.71. The van der Waals surface area contributed by atoms with Crippen LogP contribution in [0.1, 0.15) is 16.9 Å². The predicted molar refractivity (Wildman–Crippen MR) is 78.9 cm³/mol. The summed E-state index contributed by atoms with van der Waals surface area (Å²) in [5, 5.41) is 0. The summed E-state index contributed by atoms with van der Waals surface area (Å²) >= 11 is 0. The zero-order valence-corrected chi connectivity index (χ0v) is 12.5. The fourth-order valence-corrected chi connectivity index (χ4v) is 2.88. The van der Waals surface area contributed by atoms with Crippen LogP contribution in [0.4, 0.5) is 0 Å². The molecule has 1 amide bonds. The van der Waals surface area contributed by atoms with Gasteiger partial charge in [-0.3, -0.25) is 9.69 Å². The maximum atomic E-state index is 12.5. The Balaban J connectivity index is 1.61. The molecule has 1 atom stereocenters. The highest BCUT2D eigenvalue weighted by molar-refractivity contribution is 5.92. The van der Waals surface area contributed by atoms with Crippen molar-refractivity contribution in [1.29, 1.82) is 0 Å². The molecule has 3 heterocycles. The van der Waals surface area contributed by atoms with Gasteiger partial charge in [-0.1, -0.05) is 0 Å². The SMILES string of the molecule is O=C(c1c[nH]c(=O)[nH]1)N1CCCOC(CN2CCOCC2)C1. The molecule has 2 saturated heterocycles. The molecule has 2 N–H and O–H groups in total. The number of nitrogens with one attached hydrogen (secondary N) is 2. The number of ether oxygens (including phenoxy) is 2. The van der Waals surface area contributed by atoms with Gasteiger partial charge in [-0.05, 0) is 6.42 Å². The molecular formula is C14H22N4O4. The van der Waals surface area contributed by atoms with E-state index < -0.39 is 0 Å². The van der Waals surface area contributed by atoms with Crippen molar-refractivity contribution in [2.45, 2.75) is 12.5 Å². The molecule has 0 saturated carbocycles. The van der Waals surface area contributed by atoms with Crippen molar-refractivity contribution in [2.24, 2.45) is 0 Å². The van der Waals surface area contributed by atoms with Crippen LogP contribution in [-0.2, 0) is 9.47 Å². The summed E-state index contributed by atoms with van der Waals surface area (Å²) in [7, 11) is 0. The van der Waals surface area contributed by atoms with E-state index in [1.54, 1.807) is 4.90 Å². The zero-order valence-electron chi connectivity index (χ0n) is 12.5. The van der Waals surface area contributed by atoms with Gasteiger partial charge < -0.3 is 24.3 Å². The fourth-order valence-electron chi connectivity index (χ4n) is 2.88. The third-order valence-corrected chi connectivity index (χ3v) is 4.03. The van der Waals surface area contributed by atoms with Gasteiger partial charge in [0.2, 0.25) is 0 Å². The van der Waals surface area contributed by atoms with Gasteiger partial charge in [0.1, 0.15) is 5.69 Å². The summed E-state index contributed by atoms with van der Waals surface area (Å²) in [6.07, 6.45) is 2.23. The fraction of sp³-hybridized carbons (Fsp3) is 0.714. The number of aromatic nitrogens is 2. The lowest BCUT2D eigenvalue weighted by Crippen LogP contribution is -2.46. The molecule has 2 fully saturated rings. The number of nitrogens with zero attached hydrogens (tertiary/aromatic N) is 2. The molecule has 2 aliphatic heterocycles. The van der Waals surface area contributed by atoms with Crippen molar-refractivity contribution >= 4 is 5.91 Å². The van der Waals surface area contributed by atoms with Crippen LogP contribution in [0.25, 0.3) is 0 Å². The second-order valence-corrected chi connectivity index (χ2v) is 5.67. The Morgan fingerprint density at radius 1 is 1.27 bits per heavy atom. The molecule has 0 radical (unpaired) electrons. The van der Waals surface area contributed by atoms with Crippen molar-refractivity contribution in [1.82, 2.24) is 19.8 Å². The number of carbonyl (C=O) groups excluding carboxylic acids is 1. The van der Waals surface area contributed by atoms with Crippen LogP contribution in [0.2, 0.25) is 0 Å². The Kier molecular flexibility index (Phi) is 4.91. The number of imidazole rings is 1. The average Bonchev–Trinajstić information content (AvgIpc) is 2.83. The third-order valence-electron chi connectivity index (χ3n) is 4.03. The molecule has 2 aliphatic rings. The van der Waals surface area contributed by atoms with Gasteiger partial charge in [-0.25, -0.2) is 4.79 Å². The van der Waals surface area contributed by atoms with Crippen molar-refractivity contribution in [3.8, 4) is 0 Å². The summed E-state index contributed by atoms with van der Waals surface area (Å²) in [5.41, 5.74) is -0.0590. The molecule has 1 unspecified atom stereocenters. The molecule has 1 aromatic heterocycles. The summed E-state index contributed by atoms with van der Waals surface area (Å²) in [6, 6.07) is 0. The summed E-state index contributed by atoms with van der Waals surface area (Å²) in [6.45, 7) is 5.95. The van der Waals surface area contributed by atoms with Gasteiger partial charge in [-0.2, -0.15) is 0 Å². The van der Waals surface area contributed by atoms with Gasteiger partial charge in [0.15, 0.2) is 0 Å². The van der Waals surface area contributed by atoms with Gasteiger partial charge in [0.25, 0.3) is 5.91 Å². The Morgan fingerprint density at radius 2 is 2.09 bits per heavy atom. The summed E-state index contributed by atoms with van der Waals surface area (Å²) < 4.78 is 11.2. The Morgan fingerprint density at radius 3 is 2.82 bits per heavy atom. The first-order valence-corrected chi connectivity index (χ1v) is 7.71. The van der Waals surface area contributed by atoms with Crippen LogP contribution in [0.3, 0.4) is 0 Å². The highest BCUT2D eigenvalue weighted by atomic mass is 16.5. The molecule has 8 heteroatoms. The van der Waals surface area contributed by atoms with E-state index in [1.807, 2.05) is 0 Å². The number of H-pyrrole nitrogens is 2. The van der Waals surface area contributed by atoms with E-state index in [4.69, 9.17) is 9.47 Å². The second-order valence-electron chi connectivity index (χ2n) is 5.67. The maximum Gasteiger partial charge on any atom is 0.323 e. The van der Waals surface area contributed by atoms with Crippen molar-refractivity contribution in [3.63, 3.8) is 0 Å². The molecule has 122 valence electrons. The Bertz CT molecular complexity index is 549. The van der Waals surface area contributed by atoms with E-state index in [1.165, 1.54) is 6.20 Å². The average molecular weight is 310 g/mol. The monoisotopic (exact) mass is 310 g/mol. The van der Waals surface area contributed by atoms with Crippen LogP contribution < -0.4 is 5.69 Å². The maximum absolute atomic E-state index is 12.5. The molecule has 0 bridgehead atoms. The third kappa shape index (κ3) is 3.76. The van der Waals surface area contributed by atoms with E-state index in [-0.39, 0.29) is 17.7 Å². The lowest BCUT2D eigenvalue weighted by Gasteiger charge is -2.31. The van der Waals surface area contributed by atoms with E-state index in [9.17, 15) is 9.59 Å². The first kappa shape index (κ1) is 15.3. The second kappa shape index (κ2) is 7.08. The Labute approximate surface area is 128 Å². The molecule has 8 nitrogen and oxygen atoms in total. The minimum absolute atomic E-state index is 0.00443. The van der Waals surface area contributed by atoms with Crippen LogP contribution in [0.5, 0.6) is 0 Å². The molecule has 3 rings (SSSR count). The molecular weight excluding hydrogens is 288 g/mol. The topological polar surface area (TPSA) is 90.7 Å². The van der Waals surface area contributed by atoms with E-state index in [0.717, 1.165) is 39.3 Å². The number of aromatic amines is 2. The van der Waals surface area contributed by atoms with Crippen molar-refractivity contribution in [3.05, 3.63) is 22.4 Å². The quantitative estimate of drug-likeness (QED) is 0.768. The van der Waals surface area contributed by atoms with Gasteiger partial charge >= 0.3 is 5.69 Å². The lowest BCUT2D eigenvalue weighted by molar-refractivity contribution is -0.0112. The molecule has 1 aromatic rings. The molecule has 0 spiro atoms. The normalized spacial score (nSPS) is 24.2. The van der Waals surface area contributed by atoms with Crippen molar-refractivity contribution in [2.75, 3.05) is 52.5 Å². The van der Waals surface area contributed by atoms with Crippen LogP contribution in [0.15, 0.2) is 11.0 Å². The largest absolute Gasteiger partial charge is 0.379 e. The van der Waals surface area contributed by atoms with E-state index >= 15 is 0 Å². The predicted octanol–water partition coefficient (Wildman–Crippen LogP) is -0.734. The lowest BCUT2D eigenvalue weighted by atomic mass is 10.2. The number of morpholine rings is 1. The molecule has 0 aliphatic carbocycles. The number of hydrogen-bond donors (Lipinski definition) is 2. The highest BCUT2D eigenvalue weighted by Gasteiger charge is 2.26. The van der Waals surface area contributed by atoms with Gasteiger partial charge in [0, 0.05) is 45.5 Å². The first-order chi connectivity index (χ1) is 10.7. The number of rotatable bonds is 3. The van der Waals surface area contributed by atoms with Crippen LogP contribution in [-0.4, -0.2) is 84.3 Å². The van der Waals surface area contributed by atoms with Gasteiger partial charge in [0.05, 0.1) is 19.3 Å². The van der Waals surface area contributed by atoms with Crippen LogP contribution in [0, 0.1) is 0 Å². The van der Waals surface area contributed by atoms with Crippen LogP contribution >= 0.6 is 0 Å². The van der Waals surface area contributed by atoms with Crippen molar-refractivity contribution < 1.29 is 14.3 Å². The molecule has 22 heavy (non-hydrogen) atoms. The zero-order chi connectivity index (χ0) is 15.4. The minimum atomic E-state index is -0.362. The standard InChI is InChI=1S/C14H22N4O4/c19-13(12-8-15-14(20)16-12)18-2-1-5-22-11(10-18)9-17-3-6-21-7-4-17/h8,11H,1-7,9-10H2,(H2,15,16,20). The van der Waals surface area contributed by atoms with E-state index in [0.29, 0.717) is 25.4 Å². The number of amides is 1. The van der Waals surface area contributed by atoms with E-state index in [2.05, 4.69) is 14.9 Å². The minimum Gasteiger partial charge on any atom is -0.379 e. The van der Waals surface area contributed by atoms with Gasteiger partial charge in [-0.15, -0.1) is 0 Å².